The van der Waals surface area contributed by atoms with Crippen LogP contribution in [-0.4, -0.2) is 12.5 Å². The molecule has 1 amide bonds. The molecule has 0 radical (unpaired) electrons. The van der Waals surface area contributed by atoms with Crippen molar-refractivity contribution in [2.24, 2.45) is 0 Å². The number of amides is 1. The number of nitrogens with zero attached hydrogens (tertiary/aromatic N) is 1. The Morgan fingerprint density at radius 1 is 1.05 bits per heavy atom. The molecular formula is C17H16N2O. The summed E-state index contributed by atoms with van der Waals surface area (Å²) in [6.07, 6.45) is 2.13. The fourth-order valence-corrected chi connectivity index (χ4v) is 3.26. The Morgan fingerprint density at radius 2 is 1.90 bits per heavy atom. The van der Waals surface area contributed by atoms with E-state index in [1.165, 1.54) is 5.56 Å². The summed E-state index contributed by atoms with van der Waals surface area (Å²) in [5.74, 6) is 0.177. The zero-order valence-corrected chi connectivity index (χ0v) is 11.2. The highest BCUT2D eigenvalue weighted by molar-refractivity contribution is 6.07. The molecule has 2 aliphatic rings. The van der Waals surface area contributed by atoms with E-state index in [0.717, 1.165) is 36.3 Å². The molecule has 0 spiro atoms. The molecule has 0 saturated heterocycles. The van der Waals surface area contributed by atoms with Crippen molar-refractivity contribution in [3.63, 3.8) is 0 Å². The van der Waals surface area contributed by atoms with E-state index in [9.17, 15) is 4.79 Å². The average Bonchev–Trinajstić information content (AvgIpc) is 2.77. The number of rotatable bonds is 2. The molecule has 3 heteroatoms. The van der Waals surface area contributed by atoms with E-state index in [2.05, 4.69) is 23.5 Å². The fourth-order valence-electron chi connectivity index (χ4n) is 3.26. The van der Waals surface area contributed by atoms with Gasteiger partial charge in [-0.05, 0) is 30.5 Å². The number of benzene rings is 2. The van der Waals surface area contributed by atoms with Crippen LogP contribution < -0.4 is 10.2 Å². The molecule has 0 aromatic heterocycles. The Morgan fingerprint density at radius 3 is 2.75 bits per heavy atom. The fraction of sp³-hybridized carbons (Fsp3) is 0.235. The van der Waals surface area contributed by atoms with Crippen LogP contribution in [-0.2, 0) is 11.2 Å². The summed E-state index contributed by atoms with van der Waals surface area (Å²) in [4.78, 5) is 14.6. The molecule has 2 aliphatic heterocycles. The van der Waals surface area contributed by atoms with Gasteiger partial charge in [-0.15, -0.1) is 0 Å². The predicted molar refractivity (Wildman–Crippen MR) is 79.9 cm³/mol. The van der Waals surface area contributed by atoms with Gasteiger partial charge in [0.2, 0.25) is 0 Å². The Hall–Kier alpha value is -2.29. The van der Waals surface area contributed by atoms with Gasteiger partial charge in [0.1, 0.15) is 6.04 Å². The molecule has 3 nitrogen and oxygen atoms in total. The van der Waals surface area contributed by atoms with Crippen LogP contribution in [0.15, 0.2) is 48.5 Å². The second-order valence-electron chi connectivity index (χ2n) is 5.39. The first-order chi connectivity index (χ1) is 9.84. The summed E-state index contributed by atoms with van der Waals surface area (Å²) in [6.45, 7) is 0.843. The molecule has 0 bridgehead atoms. The first-order valence-electron chi connectivity index (χ1n) is 7.09. The van der Waals surface area contributed by atoms with Crippen molar-refractivity contribution in [2.45, 2.75) is 18.9 Å². The van der Waals surface area contributed by atoms with Gasteiger partial charge in [0.05, 0.1) is 5.69 Å². The van der Waals surface area contributed by atoms with E-state index in [1.807, 2.05) is 35.2 Å². The van der Waals surface area contributed by atoms with Gasteiger partial charge in [-0.3, -0.25) is 4.79 Å². The van der Waals surface area contributed by atoms with Crippen molar-refractivity contribution in [3.8, 4) is 0 Å². The Labute approximate surface area is 118 Å². The number of hydrogen-bond donors (Lipinski definition) is 1. The Balaban J connectivity index is 1.76. The molecule has 0 saturated carbocycles. The van der Waals surface area contributed by atoms with Gasteiger partial charge < -0.3 is 10.2 Å². The zero-order valence-electron chi connectivity index (χ0n) is 11.2. The van der Waals surface area contributed by atoms with E-state index in [0.29, 0.717) is 0 Å². The molecule has 2 aromatic rings. The molecule has 0 fully saturated rings. The number of hydrogen-bond acceptors (Lipinski definition) is 2. The van der Waals surface area contributed by atoms with Gasteiger partial charge in [-0.1, -0.05) is 36.4 Å². The molecule has 1 unspecified atom stereocenters. The third-order valence-electron chi connectivity index (χ3n) is 4.16. The number of carbonyl (C=O) groups is 1. The molecule has 0 aliphatic carbocycles. The second-order valence-corrected chi connectivity index (χ2v) is 5.39. The highest BCUT2D eigenvalue weighted by Gasteiger charge is 2.39. The minimum atomic E-state index is -0.245. The van der Waals surface area contributed by atoms with Crippen molar-refractivity contribution < 1.29 is 4.79 Å². The number of aryl methyl sites for hydroxylation is 1. The van der Waals surface area contributed by atoms with Gasteiger partial charge >= 0.3 is 0 Å². The van der Waals surface area contributed by atoms with Crippen molar-refractivity contribution in [1.29, 1.82) is 0 Å². The molecule has 20 heavy (non-hydrogen) atoms. The van der Waals surface area contributed by atoms with E-state index in [4.69, 9.17) is 0 Å². The lowest BCUT2D eigenvalue weighted by atomic mass is 9.99. The lowest BCUT2D eigenvalue weighted by molar-refractivity contribution is -0.118. The largest absolute Gasteiger partial charge is 0.370 e. The summed E-state index contributed by atoms with van der Waals surface area (Å²) < 4.78 is 0. The van der Waals surface area contributed by atoms with Crippen molar-refractivity contribution >= 4 is 17.3 Å². The minimum absolute atomic E-state index is 0.177. The minimum Gasteiger partial charge on any atom is -0.370 e. The van der Waals surface area contributed by atoms with Crippen molar-refractivity contribution in [2.75, 3.05) is 16.8 Å². The molecular weight excluding hydrogens is 248 g/mol. The van der Waals surface area contributed by atoms with E-state index >= 15 is 0 Å². The molecule has 2 heterocycles. The molecule has 1 N–H and O–H groups in total. The van der Waals surface area contributed by atoms with Gasteiger partial charge in [-0.25, -0.2) is 0 Å². The molecule has 1 atom stereocenters. The number of para-hydroxylation sites is 2. The third-order valence-corrected chi connectivity index (χ3v) is 4.16. The maximum Gasteiger partial charge on any atom is 0.254 e. The van der Waals surface area contributed by atoms with E-state index in [1.54, 1.807) is 0 Å². The summed E-state index contributed by atoms with van der Waals surface area (Å²) in [5, 5.41) is 3.37. The SMILES string of the molecule is O=C1C(Nc2ccccc2)c2cccc3c2N1CCC3. The topological polar surface area (TPSA) is 32.3 Å². The molecule has 100 valence electrons. The maximum absolute atomic E-state index is 12.6. The molecule has 4 rings (SSSR count). The number of nitrogens with one attached hydrogen (secondary N) is 1. The van der Waals surface area contributed by atoms with Crippen LogP contribution in [0.3, 0.4) is 0 Å². The third kappa shape index (κ3) is 1.63. The first kappa shape index (κ1) is 11.5. The Kier molecular flexibility index (Phi) is 2.52. The lowest BCUT2D eigenvalue weighted by Gasteiger charge is -2.25. The van der Waals surface area contributed by atoms with Crippen molar-refractivity contribution in [3.05, 3.63) is 59.7 Å². The molecule has 2 aromatic carbocycles. The number of anilines is 2. The zero-order chi connectivity index (χ0) is 13.5. The standard InChI is InChI=1S/C17H16N2O/c20-17-15(18-13-8-2-1-3-9-13)14-10-4-6-12-7-5-11-19(17)16(12)14/h1-4,6,8-10,15,18H,5,7,11H2. The highest BCUT2D eigenvalue weighted by Crippen LogP contribution is 2.42. The van der Waals surface area contributed by atoms with E-state index in [-0.39, 0.29) is 11.9 Å². The predicted octanol–water partition coefficient (Wildman–Crippen LogP) is 3.13. The van der Waals surface area contributed by atoms with Crippen LogP contribution in [0.5, 0.6) is 0 Å². The van der Waals surface area contributed by atoms with Gasteiger partial charge in [-0.2, -0.15) is 0 Å². The summed E-state index contributed by atoms with van der Waals surface area (Å²) in [7, 11) is 0. The van der Waals surface area contributed by atoms with Crippen LogP contribution in [0.25, 0.3) is 0 Å². The smallest absolute Gasteiger partial charge is 0.254 e. The van der Waals surface area contributed by atoms with Crippen LogP contribution in [0.4, 0.5) is 11.4 Å². The van der Waals surface area contributed by atoms with Crippen LogP contribution in [0, 0.1) is 0 Å². The summed E-state index contributed by atoms with van der Waals surface area (Å²) in [6, 6.07) is 16.0. The summed E-state index contributed by atoms with van der Waals surface area (Å²) in [5.41, 5.74) is 4.57. The monoisotopic (exact) mass is 264 g/mol. The van der Waals surface area contributed by atoms with Crippen molar-refractivity contribution in [1.82, 2.24) is 0 Å². The first-order valence-corrected chi connectivity index (χ1v) is 7.09. The van der Waals surface area contributed by atoms with Gasteiger partial charge in [0, 0.05) is 17.8 Å². The van der Waals surface area contributed by atoms with Gasteiger partial charge in [0.25, 0.3) is 5.91 Å². The quantitative estimate of drug-likeness (QED) is 0.903. The lowest BCUT2D eigenvalue weighted by Crippen LogP contribution is -2.34. The van der Waals surface area contributed by atoms with Gasteiger partial charge in [0.15, 0.2) is 0 Å². The maximum atomic E-state index is 12.6. The van der Waals surface area contributed by atoms with E-state index < -0.39 is 0 Å². The second kappa shape index (κ2) is 4.37. The normalized spacial score (nSPS) is 19.9. The number of carbonyl (C=O) groups excluding carboxylic acids is 1. The Bertz CT molecular complexity index is 666. The average molecular weight is 264 g/mol. The van der Waals surface area contributed by atoms with Crippen LogP contribution >= 0.6 is 0 Å². The van der Waals surface area contributed by atoms with Crippen LogP contribution in [0.1, 0.15) is 23.6 Å². The summed E-state index contributed by atoms with van der Waals surface area (Å²) >= 11 is 0. The highest BCUT2D eigenvalue weighted by atomic mass is 16.2. The van der Waals surface area contributed by atoms with Crippen LogP contribution in [0.2, 0.25) is 0 Å².